The van der Waals surface area contributed by atoms with Crippen LogP contribution in [0.5, 0.6) is 0 Å². The Hall–Kier alpha value is -2.07. The third-order valence-electron chi connectivity index (χ3n) is 4.04. The van der Waals surface area contributed by atoms with Gasteiger partial charge in [-0.25, -0.2) is 0 Å². The van der Waals surface area contributed by atoms with Gasteiger partial charge in [-0.1, -0.05) is 42.5 Å². The predicted molar refractivity (Wildman–Crippen MR) is 76.8 cm³/mol. The van der Waals surface area contributed by atoms with Crippen LogP contribution in [-0.2, 0) is 6.42 Å². The zero-order valence-corrected chi connectivity index (χ0v) is 10.9. The summed E-state index contributed by atoms with van der Waals surface area (Å²) >= 11 is 0. The van der Waals surface area contributed by atoms with Crippen molar-refractivity contribution in [2.24, 2.45) is 5.92 Å². The molecule has 0 radical (unpaired) electrons. The Morgan fingerprint density at radius 1 is 1.00 bits per heavy atom. The Labute approximate surface area is 114 Å². The summed E-state index contributed by atoms with van der Waals surface area (Å²) in [5.74, 6) is 1.62. The Morgan fingerprint density at radius 3 is 2.42 bits per heavy atom. The summed E-state index contributed by atoms with van der Waals surface area (Å²) in [5, 5.41) is 8.77. The summed E-state index contributed by atoms with van der Waals surface area (Å²) in [5.41, 5.74) is 3.59. The smallest absolute Gasteiger partial charge is 0.0991 e. The highest BCUT2D eigenvalue weighted by Crippen LogP contribution is 2.49. The zero-order chi connectivity index (χ0) is 13.1. The van der Waals surface area contributed by atoms with Crippen LogP contribution in [0.25, 0.3) is 0 Å². The third kappa shape index (κ3) is 2.85. The second-order valence-corrected chi connectivity index (χ2v) is 5.36. The molecule has 1 unspecified atom stereocenters. The molecule has 1 nitrogen and oxygen atoms in total. The van der Waals surface area contributed by atoms with Gasteiger partial charge >= 0.3 is 0 Å². The maximum absolute atomic E-state index is 8.77. The molecule has 19 heavy (non-hydrogen) atoms. The molecule has 0 heterocycles. The summed E-state index contributed by atoms with van der Waals surface area (Å²) in [6, 6.07) is 21.0. The second kappa shape index (κ2) is 5.28. The van der Waals surface area contributed by atoms with Gasteiger partial charge in [-0.2, -0.15) is 5.26 Å². The first kappa shape index (κ1) is 12.0. The van der Waals surface area contributed by atoms with Gasteiger partial charge in [0.05, 0.1) is 11.6 Å². The molecule has 0 N–H and O–H groups in total. The van der Waals surface area contributed by atoms with Gasteiger partial charge in [-0.05, 0) is 54.4 Å². The fourth-order valence-corrected chi connectivity index (χ4v) is 2.77. The first-order valence-corrected chi connectivity index (χ1v) is 6.91. The largest absolute Gasteiger partial charge is 0.192 e. The summed E-state index contributed by atoms with van der Waals surface area (Å²) in [4.78, 5) is 0. The van der Waals surface area contributed by atoms with E-state index in [1.54, 1.807) is 0 Å². The minimum atomic E-state index is 0.748. The summed E-state index contributed by atoms with van der Waals surface area (Å²) in [7, 11) is 0. The third-order valence-corrected chi connectivity index (χ3v) is 4.04. The van der Waals surface area contributed by atoms with E-state index in [2.05, 4.69) is 48.5 Å². The molecular formula is C18H17N. The first-order chi connectivity index (χ1) is 9.36. The van der Waals surface area contributed by atoms with Crippen LogP contribution in [0.3, 0.4) is 0 Å². The van der Waals surface area contributed by atoms with Crippen LogP contribution in [0.1, 0.15) is 35.4 Å². The van der Waals surface area contributed by atoms with Gasteiger partial charge in [0, 0.05) is 0 Å². The molecule has 1 aliphatic carbocycles. The van der Waals surface area contributed by atoms with E-state index >= 15 is 0 Å². The lowest BCUT2D eigenvalue weighted by Gasteiger charge is -2.02. The highest BCUT2D eigenvalue weighted by atomic mass is 14.4. The average molecular weight is 247 g/mol. The van der Waals surface area contributed by atoms with Crippen molar-refractivity contribution in [3.8, 4) is 6.07 Å². The van der Waals surface area contributed by atoms with Crippen molar-refractivity contribution < 1.29 is 0 Å². The van der Waals surface area contributed by atoms with Crippen LogP contribution >= 0.6 is 0 Å². The van der Waals surface area contributed by atoms with E-state index < -0.39 is 0 Å². The summed E-state index contributed by atoms with van der Waals surface area (Å²) < 4.78 is 0. The van der Waals surface area contributed by atoms with Gasteiger partial charge in [-0.15, -0.1) is 0 Å². The highest BCUT2D eigenvalue weighted by molar-refractivity contribution is 5.32. The van der Waals surface area contributed by atoms with Gasteiger partial charge in [0.2, 0.25) is 0 Å². The standard InChI is InChI=1S/C18H17N/c19-13-15-8-6-14(7-9-15)10-11-17-12-18(17)16-4-2-1-3-5-16/h1-9,17-18H,10-12H2/t17-,18?/m0/s1. The lowest BCUT2D eigenvalue weighted by atomic mass is 10.0. The maximum Gasteiger partial charge on any atom is 0.0991 e. The Bertz CT molecular complexity index is 577. The van der Waals surface area contributed by atoms with Crippen molar-refractivity contribution in [2.45, 2.75) is 25.2 Å². The van der Waals surface area contributed by atoms with Gasteiger partial charge in [0.15, 0.2) is 0 Å². The lowest BCUT2D eigenvalue weighted by molar-refractivity contribution is 0.703. The normalized spacial score (nSPS) is 20.8. The second-order valence-electron chi connectivity index (χ2n) is 5.36. The molecular weight excluding hydrogens is 230 g/mol. The number of rotatable bonds is 4. The van der Waals surface area contributed by atoms with Gasteiger partial charge in [0.25, 0.3) is 0 Å². The number of hydrogen-bond donors (Lipinski definition) is 0. The predicted octanol–water partition coefficient (Wildman–Crippen LogP) is 4.29. The van der Waals surface area contributed by atoms with Gasteiger partial charge in [-0.3, -0.25) is 0 Å². The van der Waals surface area contributed by atoms with Gasteiger partial charge < -0.3 is 0 Å². The van der Waals surface area contributed by atoms with E-state index in [1.165, 1.54) is 24.0 Å². The first-order valence-electron chi connectivity index (χ1n) is 6.91. The van der Waals surface area contributed by atoms with Crippen molar-refractivity contribution in [1.82, 2.24) is 0 Å². The highest BCUT2D eigenvalue weighted by Gasteiger charge is 2.37. The van der Waals surface area contributed by atoms with Crippen molar-refractivity contribution >= 4 is 0 Å². The number of benzene rings is 2. The van der Waals surface area contributed by atoms with Crippen LogP contribution in [-0.4, -0.2) is 0 Å². The van der Waals surface area contributed by atoms with Crippen LogP contribution in [0.15, 0.2) is 54.6 Å². The average Bonchev–Trinajstić information content (AvgIpc) is 3.26. The molecule has 3 rings (SSSR count). The Kier molecular flexibility index (Phi) is 3.33. The minimum absolute atomic E-state index is 0.748. The maximum atomic E-state index is 8.77. The SMILES string of the molecule is N#Cc1ccc(CC[C@H]2CC2c2ccccc2)cc1. The van der Waals surface area contributed by atoms with Crippen molar-refractivity contribution in [3.05, 3.63) is 71.3 Å². The monoisotopic (exact) mass is 247 g/mol. The molecule has 0 spiro atoms. The zero-order valence-electron chi connectivity index (χ0n) is 10.9. The molecule has 0 saturated heterocycles. The molecule has 1 saturated carbocycles. The van der Waals surface area contributed by atoms with E-state index in [4.69, 9.17) is 5.26 Å². The molecule has 1 heteroatoms. The van der Waals surface area contributed by atoms with E-state index in [9.17, 15) is 0 Å². The summed E-state index contributed by atoms with van der Waals surface area (Å²) in [6.45, 7) is 0. The number of hydrogen-bond acceptors (Lipinski definition) is 1. The van der Waals surface area contributed by atoms with E-state index in [-0.39, 0.29) is 0 Å². The van der Waals surface area contributed by atoms with Gasteiger partial charge in [0.1, 0.15) is 0 Å². The number of nitriles is 1. The minimum Gasteiger partial charge on any atom is -0.192 e. The fraction of sp³-hybridized carbons (Fsp3) is 0.278. The topological polar surface area (TPSA) is 23.8 Å². The number of nitrogens with zero attached hydrogens (tertiary/aromatic N) is 1. The fourth-order valence-electron chi connectivity index (χ4n) is 2.77. The Balaban J connectivity index is 1.53. The van der Waals surface area contributed by atoms with Crippen LogP contribution < -0.4 is 0 Å². The lowest BCUT2D eigenvalue weighted by Crippen LogP contribution is -1.89. The van der Waals surface area contributed by atoms with Crippen molar-refractivity contribution in [2.75, 3.05) is 0 Å². The van der Waals surface area contributed by atoms with Crippen LogP contribution in [0.2, 0.25) is 0 Å². The van der Waals surface area contributed by atoms with Crippen molar-refractivity contribution in [3.63, 3.8) is 0 Å². The summed E-state index contributed by atoms with van der Waals surface area (Å²) in [6.07, 6.45) is 3.71. The molecule has 0 aromatic heterocycles. The van der Waals surface area contributed by atoms with Crippen LogP contribution in [0.4, 0.5) is 0 Å². The molecule has 0 bridgehead atoms. The molecule has 2 atom stereocenters. The number of aryl methyl sites for hydroxylation is 1. The van der Waals surface area contributed by atoms with Crippen LogP contribution in [0, 0.1) is 17.2 Å². The van der Waals surface area contributed by atoms with Crippen molar-refractivity contribution in [1.29, 1.82) is 5.26 Å². The molecule has 94 valence electrons. The van der Waals surface area contributed by atoms with E-state index in [0.29, 0.717) is 0 Å². The quantitative estimate of drug-likeness (QED) is 0.790. The molecule has 1 aliphatic rings. The molecule has 2 aromatic carbocycles. The Morgan fingerprint density at radius 2 is 1.74 bits per heavy atom. The molecule has 0 amide bonds. The molecule has 0 aliphatic heterocycles. The van der Waals surface area contributed by atoms with E-state index in [1.807, 2.05) is 12.1 Å². The molecule has 2 aromatic rings. The van der Waals surface area contributed by atoms with E-state index in [0.717, 1.165) is 23.8 Å². The molecule has 1 fully saturated rings.